The van der Waals surface area contributed by atoms with Gasteiger partial charge in [0.25, 0.3) is 0 Å². The molecule has 0 aromatic carbocycles. The molecule has 0 rings (SSSR count). The smallest absolute Gasteiger partial charge is 0.326 e. The first-order chi connectivity index (χ1) is 14.9. The molecule has 0 aliphatic heterocycles. The summed E-state index contributed by atoms with van der Waals surface area (Å²) in [5, 5.41) is 17.0. The summed E-state index contributed by atoms with van der Waals surface area (Å²) in [6.45, 7) is 5.28. The lowest BCUT2D eigenvalue weighted by Crippen LogP contribution is -2.56. The largest absolute Gasteiger partial charge is 0.480 e. The molecule has 4 atom stereocenters. The van der Waals surface area contributed by atoms with Crippen LogP contribution in [-0.4, -0.2) is 77.5 Å². The Morgan fingerprint density at radius 1 is 0.938 bits per heavy atom. The second kappa shape index (κ2) is 15.3. The number of carboxylic acid groups (broad SMARTS) is 1. The highest BCUT2D eigenvalue weighted by atomic mass is 32.2. The van der Waals surface area contributed by atoms with Crippen LogP contribution in [0.2, 0.25) is 0 Å². The third-order valence-corrected chi connectivity index (χ3v) is 5.22. The Bertz CT molecular complexity index is 670. The highest BCUT2D eigenvalue weighted by Gasteiger charge is 2.28. The number of nitrogens with zero attached hydrogens (tertiary/aromatic N) is 1. The average Bonchev–Trinajstić information content (AvgIpc) is 2.71. The first kappa shape index (κ1) is 29.5. The second-order valence-corrected chi connectivity index (χ2v) is 8.68. The SMILES string of the molecule is CSCCC(NC(=O)C(C)NC(=O)C(N)C(C)C)C(=O)NC(CCCN=C(N)N)C(=O)O. The topological polar surface area (TPSA) is 215 Å². The second-order valence-electron chi connectivity index (χ2n) is 7.69. The van der Waals surface area contributed by atoms with E-state index >= 15 is 0 Å². The van der Waals surface area contributed by atoms with Gasteiger partial charge in [-0.1, -0.05) is 13.8 Å². The van der Waals surface area contributed by atoms with Crippen molar-refractivity contribution in [2.45, 2.75) is 64.2 Å². The van der Waals surface area contributed by atoms with E-state index in [9.17, 15) is 24.3 Å². The third-order valence-electron chi connectivity index (χ3n) is 4.58. The molecule has 0 aromatic rings. The molecule has 0 saturated carbocycles. The molecule has 4 unspecified atom stereocenters. The molecular weight excluding hydrogens is 438 g/mol. The lowest BCUT2D eigenvalue weighted by Gasteiger charge is -2.24. The van der Waals surface area contributed by atoms with Gasteiger partial charge in [-0.15, -0.1) is 0 Å². The van der Waals surface area contributed by atoms with Crippen molar-refractivity contribution in [2.24, 2.45) is 28.1 Å². The van der Waals surface area contributed by atoms with Gasteiger partial charge in [0, 0.05) is 6.54 Å². The van der Waals surface area contributed by atoms with Crippen LogP contribution in [0.25, 0.3) is 0 Å². The molecule has 184 valence electrons. The summed E-state index contributed by atoms with van der Waals surface area (Å²) in [6, 6.07) is -3.82. The number of carbonyl (C=O) groups excluding carboxylic acids is 3. The van der Waals surface area contributed by atoms with Gasteiger partial charge in [-0.3, -0.25) is 19.4 Å². The number of nitrogens with two attached hydrogens (primary N) is 3. The lowest BCUT2D eigenvalue weighted by molar-refractivity contribution is -0.142. The number of hydrogen-bond donors (Lipinski definition) is 7. The molecule has 0 aliphatic rings. The zero-order valence-corrected chi connectivity index (χ0v) is 19.9. The van der Waals surface area contributed by atoms with Crippen LogP contribution in [0.15, 0.2) is 4.99 Å². The quantitative estimate of drug-likeness (QED) is 0.0817. The van der Waals surface area contributed by atoms with Gasteiger partial charge in [0.1, 0.15) is 18.1 Å². The minimum absolute atomic E-state index is 0.101. The number of hydrogen-bond acceptors (Lipinski definition) is 7. The highest BCUT2D eigenvalue weighted by molar-refractivity contribution is 7.98. The molecule has 12 nitrogen and oxygen atoms in total. The van der Waals surface area contributed by atoms with Gasteiger partial charge in [-0.05, 0) is 44.1 Å². The molecule has 0 fully saturated rings. The molecule has 0 saturated heterocycles. The summed E-state index contributed by atoms with van der Waals surface area (Å²) in [4.78, 5) is 52.6. The third kappa shape index (κ3) is 11.7. The maximum absolute atomic E-state index is 12.7. The first-order valence-corrected chi connectivity index (χ1v) is 11.7. The summed E-state index contributed by atoms with van der Waals surface area (Å²) in [6.07, 6.45) is 2.58. The zero-order chi connectivity index (χ0) is 24.8. The van der Waals surface area contributed by atoms with Crippen molar-refractivity contribution in [3.8, 4) is 0 Å². The van der Waals surface area contributed by atoms with Gasteiger partial charge in [0.2, 0.25) is 17.7 Å². The minimum Gasteiger partial charge on any atom is -0.480 e. The maximum atomic E-state index is 12.7. The zero-order valence-electron chi connectivity index (χ0n) is 19.1. The van der Waals surface area contributed by atoms with Crippen LogP contribution in [-0.2, 0) is 19.2 Å². The van der Waals surface area contributed by atoms with Crippen molar-refractivity contribution in [1.29, 1.82) is 0 Å². The molecule has 0 radical (unpaired) electrons. The molecule has 3 amide bonds. The van der Waals surface area contributed by atoms with E-state index in [4.69, 9.17) is 17.2 Å². The van der Waals surface area contributed by atoms with Crippen molar-refractivity contribution >= 4 is 41.4 Å². The highest BCUT2D eigenvalue weighted by Crippen LogP contribution is 2.05. The van der Waals surface area contributed by atoms with Crippen LogP contribution in [0, 0.1) is 5.92 Å². The normalized spacial score (nSPS) is 14.6. The fourth-order valence-electron chi connectivity index (χ4n) is 2.51. The van der Waals surface area contributed by atoms with Gasteiger partial charge >= 0.3 is 5.97 Å². The van der Waals surface area contributed by atoms with Crippen LogP contribution in [0.5, 0.6) is 0 Å². The first-order valence-electron chi connectivity index (χ1n) is 10.3. The van der Waals surface area contributed by atoms with Crippen molar-refractivity contribution in [3.63, 3.8) is 0 Å². The molecule has 0 bridgehead atoms. The van der Waals surface area contributed by atoms with E-state index in [1.54, 1.807) is 13.8 Å². The number of rotatable bonds is 15. The fraction of sp³-hybridized carbons (Fsp3) is 0.737. The number of aliphatic carboxylic acids is 1. The van der Waals surface area contributed by atoms with Crippen LogP contribution >= 0.6 is 11.8 Å². The number of carbonyl (C=O) groups is 4. The fourth-order valence-corrected chi connectivity index (χ4v) is 2.98. The van der Waals surface area contributed by atoms with Crippen LogP contribution in [0.3, 0.4) is 0 Å². The van der Waals surface area contributed by atoms with E-state index in [1.165, 1.54) is 18.7 Å². The van der Waals surface area contributed by atoms with Crippen molar-refractivity contribution in [3.05, 3.63) is 0 Å². The van der Waals surface area contributed by atoms with Crippen LogP contribution in [0.4, 0.5) is 0 Å². The Balaban J connectivity index is 5.06. The van der Waals surface area contributed by atoms with E-state index in [0.29, 0.717) is 12.2 Å². The predicted octanol–water partition coefficient (Wildman–Crippen LogP) is -1.66. The number of aliphatic imine (C=N–C) groups is 1. The number of guanidine groups is 1. The van der Waals surface area contributed by atoms with E-state index in [2.05, 4.69) is 20.9 Å². The Hall–Kier alpha value is -2.54. The summed E-state index contributed by atoms with van der Waals surface area (Å²) in [7, 11) is 0. The van der Waals surface area contributed by atoms with Gasteiger partial charge in [-0.25, -0.2) is 4.79 Å². The number of amides is 3. The minimum atomic E-state index is -1.21. The summed E-state index contributed by atoms with van der Waals surface area (Å²) in [5.41, 5.74) is 16.3. The molecule has 10 N–H and O–H groups in total. The van der Waals surface area contributed by atoms with Crippen molar-refractivity contribution < 1.29 is 24.3 Å². The van der Waals surface area contributed by atoms with Crippen molar-refractivity contribution in [2.75, 3.05) is 18.6 Å². The summed E-state index contributed by atoms with van der Waals surface area (Å²) in [5.74, 6) is -2.53. The monoisotopic (exact) mass is 475 g/mol. The summed E-state index contributed by atoms with van der Waals surface area (Å²) >= 11 is 1.47. The van der Waals surface area contributed by atoms with E-state index in [-0.39, 0.29) is 31.3 Å². The van der Waals surface area contributed by atoms with Gasteiger partial charge in [-0.2, -0.15) is 11.8 Å². The molecular formula is C19H37N7O5S. The maximum Gasteiger partial charge on any atom is 0.326 e. The number of carboxylic acids is 1. The summed E-state index contributed by atoms with van der Waals surface area (Å²) < 4.78 is 0. The van der Waals surface area contributed by atoms with E-state index in [0.717, 1.165) is 0 Å². The molecule has 0 spiro atoms. The number of thioether (sulfide) groups is 1. The Morgan fingerprint density at radius 2 is 1.53 bits per heavy atom. The lowest BCUT2D eigenvalue weighted by atomic mass is 10.0. The molecule has 13 heteroatoms. The van der Waals surface area contributed by atoms with Gasteiger partial charge in [0.15, 0.2) is 5.96 Å². The average molecular weight is 476 g/mol. The predicted molar refractivity (Wildman–Crippen MR) is 125 cm³/mol. The van der Waals surface area contributed by atoms with E-state index in [1.807, 2.05) is 6.26 Å². The van der Waals surface area contributed by atoms with E-state index < -0.39 is 47.9 Å². The number of nitrogens with one attached hydrogen (secondary N) is 3. The molecule has 0 aliphatic carbocycles. The molecule has 0 heterocycles. The van der Waals surface area contributed by atoms with Crippen LogP contribution < -0.4 is 33.2 Å². The van der Waals surface area contributed by atoms with Gasteiger partial charge in [0.05, 0.1) is 6.04 Å². The Morgan fingerprint density at radius 3 is 2.03 bits per heavy atom. The Labute approximate surface area is 192 Å². The Kier molecular flexibility index (Phi) is 14.1. The standard InChI is InChI=1S/C19H37N7O5S/c1-10(2)14(20)17(29)24-11(3)15(27)25-12(7-9-32-4)16(28)26-13(18(30)31)6-5-8-23-19(21)22/h10-14H,5-9,20H2,1-4H3,(H,24,29)(H,25,27)(H,26,28)(H,30,31)(H4,21,22,23). The molecule has 0 aromatic heterocycles. The molecule has 32 heavy (non-hydrogen) atoms. The van der Waals surface area contributed by atoms with Crippen molar-refractivity contribution in [1.82, 2.24) is 16.0 Å². The van der Waals surface area contributed by atoms with Gasteiger partial charge < -0.3 is 38.3 Å². The van der Waals surface area contributed by atoms with Crippen LogP contribution in [0.1, 0.15) is 40.0 Å².